The zero-order valence-electron chi connectivity index (χ0n) is 9.67. The van der Waals surface area contributed by atoms with E-state index in [1.165, 1.54) is 0 Å². The molecule has 92 valence electrons. The van der Waals surface area contributed by atoms with E-state index in [1.807, 2.05) is 0 Å². The summed E-state index contributed by atoms with van der Waals surface area (Å²) < 4.78 is 0. The van der Waals surface area contributed by atoms with Crippen LogP contribution in [0.2, 0.25) is 0 Å². The van der Waals surface area contributed by atoms with Gasteiger partial charge in [0.2, 0.25) is 0 Å². The molecule has 1 heterocycles. The maximum Gasteiger partial charge on any atom is 0.312 e. The first-order valence-corrected chi connectivity index (χ1v) is 6.27. The molecule has 3 N–H and O–H groups in total. The summed E-state index contributed by atoms with van der Waals surface area (Å²) in [6, 6.07) is 0. The van der Waals surface area contributed by atoms with Crippen LogP contribution < -0.4 is 5.32 Å². The minimum atomic E-state index is -1.04. The lowest BCUT2D eigenvalue weighted by Gasteiger charge is -2.48. The number of rotatable bonds is 2. The standard InChI is InChI=1S/C12H21NO3/c14-10(15)11(5-2-1-3-6-11)12(16)7-4-8-13-9-12/h13,16H,1-9H2,(H,14,15). The first kappa shape index (κ1) is 11.9. The van der Waals surface area contributed by atoms with Gasteiger partial charge in [-0.1, -0.05) is 19.3 Å². The summed E-state index contributed by atoms with van der Waals surface area (Å²) in [4.78, 5) is 11.6. The van der Waals surface area contributed by atoms with E-state index in [0.29, 0.717) is 25.8 Å². The summed E-state index contributed by atoms with van der Waals surface area (Å²) in [5, 5.41) is 23.3. The summed E-state index contributed by atoms with van der Waals surface area (Å²) >= 11 is 0. The van der Waals surface area contributed by atoms with E-state index in [0.717, 1.165) is 32.2 Å². The molecule has 0 bridgehead atoms. The van der Waals surface area contributed by atoms with E-state index in [1.54, 1.807) is 0 Å². The van der Waals surface area contributed by atoms with E-state index >= 15 is 0 Å². The molecular weight excluding hydrogens is 206 g/mol. The maximum absolute atomic E-state index is 11.6. The van der Waals surface area contributed by atoms with Crippen LogP contribution in [0.5, 0.6) is 0 Å². The van der Waals surface area contributed by atoms with Crippen LogP contribution in [0.3, 0.4) is 0 Å². The van der Waals surface area contributed by atoms with Gasteiger partial charge in [0.05, 0.1) is 11.0 Å². The fraction of sp³-hybridized carbons (Fsp3) is 0.917. The van der Waals surface area contributed by atoms with E-state index in [-0.39, 0.29) is 0 Å². The van der Waals surface area contributed by atoms with Gasteiger partial charge in [-0.3, -0.25) is 4.79 Å². The van der Waals surface area contributed by atoms with Crippen molar-refractivity contribution in [2.45, 2.75) is 50.5 Å². The second-order valence-corrected chi connectivity index (χ2v) is 5.26. The molecule has 0 aromatic carbocycles. The number of carboxylic acids is 1. The third kappa shape index (κ3) is 1.74. The normalized spacial score (nSPS) is 34.6. The monoisotopic (exact) mass is 227 g/mol. The van der Waals surface area contributed by atoms with Crippen molar-refractivity contribution >= 4 is 5.97 Å². The number of hydrogen-bond donors (Lipinski definition) is 3. The number of hydrogen-bond acceptors (Lipinski definition) is 3. The van der Waals surface area contributed by atoms with Crippen molar-refractivity contribution in [1.82, 2.24) is 5.32 Å². The highest BCUT2D eigenvalue weighted by molar-refractivity contribution is 5.76. The van der Waals surface area contributed by atoms with Crippen molar-refractivity contribution in [2.75, 3.05) is 13.1 Å². The molecule has 1 saturated heterocycles. The van der Waals surface area contributed by atoms with Crippen LogP contribution >= 0.6 is 0 Å². The average Bonchev–Trinajstić information content (AvgIpc) is 2.30. The Morgan fingerprint density at radius 2 is 1.75 bits per heavy atom. The summed E-state index contributed by atoms with van der Waals surface area (Å²) in [6.45, 7) is 1.32. The fourth-order valence-electron chi connectivity index (χ4n) is 3.33. The number of nitrogens with one attached hydrogen (secondary N) is 1. The second-order valence-electron chi connectivity index (χ2n) is 5.26. The molecule has 1 aliphatic heterocycles. The van der Waals surface area contributed by atoms with Gasteiger partial charge in [0, 0.05) is 6.54 Å². The van der Waals surface area contributed by atoms with Gasteiger partial charge >= 0.3 is 5.97 Å². The lowest BCUT2D eigenvalue weighted by atomic mass is 9.61. The highest BCUT2D eigenvalue weighted by Crippen LogP contribution is 2.47. The Hall–Kier alpha value is -0.610. The minimum absolute atomic E-state index is 0.430. The Kier molecular flexibility index (Phi) is 3.22. The molecule has 4 heteroatoms. The molecule has 0 aromatic rings. The van der Waals surface area contributed by atoms with E-state index in [4.69, 9.17) is 0 Å². The maximum atomic E-state index is 11.6. The Bertz CT molecular complexity index is 265. The van der Waals surface area contributed by atoms with Gasteiger partial charge in [0.25, 0.3) is 0 Å². The Morgan fingerprint density at radius 1 is 1.06 bits per heavy atom. The molecule has 1 saturated carbocycles. The Morgan fingerprint density at radius 3 is 2.25 bits per heavy atom. The molecule has 2 fully saturated rings. The predicted molar refractivity (Wildman–Crippen MR) is 60.2 cm³/mol. The molecule has 4 nitrogen and oxygen atoms in total. The molecule has 16 heavy (non-hydrogen) atoms. The lowest BCUT2D eigenvalue weighted by Crippen LogP contribution is -2.61. The van der Waals surface area contributed by atoms with Gasteiger partial charge in [0.15, 0.2) is 0 Å². The quantitative estimate of drug-likeness (QED) is 0.661. The second kappa shape index (κ2) is 4.34. The summed E-state index contributed by atoms with van der Waals surface area (Å²) in [5.41, 5.74) is -1.95. The Balaban J connectivity index is 2.26. The van der Waals surface area contributed by atoms with Crippen molar-refractivity contribution in [1.29, 1.82) is 0 Å². The molecule has 2 aliphatic rings. The SMILES string of the molecule is O=C(O)C1(C2(O)CCCNC2)CCCCC1. The highest BCUT2D eigenvalue weighted by atomic mass is 16.4. The van der Waals surface area contributed by atoms with Gasteiger partial charge in [0.1, 0.15) is 0 Å². The van der Waals surface area contributed by atoms with Crippen LogP contribution in [-0.4, -0.2) is 34.9 Å². The fourth-order valence-corrected chi connectivity index (χ4v) is 3.33. The van der Waals surface area contributed by atoms with Gasteiger partial charge in [-0.15, -0.1) is 0 Å². The van der Waals surface area contributed by atoms with Crippen LogP contribution in [0, 0.1) is 5.41 Å². The highest BCUT2D eigenvalue weighted by Gasteiger charge is 2.56. The molecular formula is C12H21NO3. The van der Waals surface area contributed by atoms with Crippen LogP contribution in [0.15, 0.2) is 0 Å². The third-order valence-corrected chi connectivity index (χ3v) is 4.37. The van der Waals surface area contributed by atoms with Crippen molar-refractivity contribution in [2.24, 2.45) is 5.41 Å². The molecule has 1 aliphatic carbocycles. The van der Waals surface area contributed by atoms with Gasteiger partial charge in [-0.2, -0.15) is 0 Å². The smallest absolute Gasteiger partial charge is 0.312 e. The molecule has 2 rings (SSSR count). The number of aliphatic hydroxyl groups is 1. The number of carboxylic acid groups (broad SMARTS) is 1. The Labute approximate surface area is 96.0 Å². The molecule has 1 atom stereocenters. The summed E-state index contributed by atoms with van der Waals surface area (Å²) in [6.07, 6.45) is 5.68. The average molecular weight is 227 g/mol. The van der Waals surface area contributed by atoms with Gasteiger partial charge in [-0.05, 0) is 32.2 Å². The van der Waals surface area contributed by atoms with Crippen molar-refractivity contribution in [3.8, 4) is 0 Å². The van der Waals surface area contributed by atoms with Crippen molar-refractivity contribution in [3.63, 3.8) is 0 Å². The van der Waals surface area contributed by atoms with Crippen LogP contribution in [0.4, 0.5) is 0 Å². The molecule has 0 amide bonds. The first-order chi connectivity index (χ1) is 7.61. The largest absolute Gasteiger partial charge is 0.481 e. The number of β-amino-alcohol motifs (C(OH)–C–C–N with tert-alkyl or cyclic N) is 1. The van der Waals surface area contributed by atoms with E-state index in [2.05, 4.69) is 5.32 Å². The van der Waals surface area contributed by atoms with Gasteiger partial charge < -0.3 is 15.5 Å². The predicted octanol–water partition coefficient (Wildman–Crippen LogP) is 1.14. The zero-order valence-corrected chi connectivity index (χ0v) is 9.67. The first-order valence-electron chi connectivity index (χ1n) is 6.27. The van der Waals surface area contributed by atoms with E-state index in [9.17, 15) is 15.0 Å². The molecule has 0 aromatic heterocycles. The molecule has 0 radical (unpaired) electrons. The minimum Gasteiger partial charge on any atom is -0.481 e. The summed E-state index contributed by atoms with van der Waals surface area (Å²) in [7, 11) is 0. The molecule has 0 spiro atoms. The lowest BCUT2D eigenvalue weighted by molar-refractivity contribution is -0.178. The summed E-state index contributed by atoms with van der Waals surface area (Å²) in [5.74, 6) is -0.807. The third-order valence-electron chi connectivity index (χ3n) is 4.37. The van der Waals surface area contributed by atoms with Crippen LogP contribution in [0.25, 0.3) is 0 Å². The van der Waals surface area contributed by atoms with E-state index < -0.39 is 17.0 Å². The van der Waals surface area contributed by atoms with Crippen LogP contribution in [-0.2, 0) is 4.79 Å². The zero-order chi connectivity index (χ0) is 11.6. The van der Waals surface area contributed by atoms with Crippen molar-refractivity contribution in [3.05, 3.63) is 0 Å². The number of carbonyl (C=O) groups is 1. The van der Waals surface area contributed by atoms with Crippen LogP contribution in [0.1, 0.15) is 44.9 Å². The topological polar surface area (TPSA) is 69.6 Å². The van der Waals surface area contributed by atoms with Crippen molar-refractivity contribution < 1.29 is 15.0 Å². The number of piperidine rings is 1. The molecule has 1 unspecified atom stereocenters. The van der Waals surface area contributed by atoms with Gasteiger partial charge in [-0.25, -0.2) is 0 Å². The number of aliphatic carboxylic acids is 1.